The third kappa shape index (κ3) is 2.27. The third-order valence-electron chi connectivity index (χ3n) is 3.86. The number of aliphatic hydroxyl groups is 1. The number of aliphatic hydroxyl groups excluding tert-OH is 1. The van der Waals surface area contributed by atoms with E-state index < -0.39 is 11.5 Å². The van der Waals surface area contributed by atoms with Crippen molar-refractivity contribution in [2.24, 2.45) is 5.41 Å². The van der Waals surface area contributed by atoms with Gasteiger partial charge in [-0.25, -0.2) is 0 Å². The Hall–Kier alpha value is -1.37. The molecule has 0 radical (unpaired) electrons. The summed E-state index contributed by atoms with van der Waals surface area (Å²) in [7, 11) is 0. The smallest absolute Gasteiger partial charge is 0.111 e. The van der Waals surface area contributed by atoms with Gasteiger partial charge in [0.15, 0.2) is 0 Å². The zero-order valence-electron chi connectivity index (χ0n) is 10.9. The zero-order chi connectivity index (χ0) is 13.2. The number of ether oxygens (including phenoxy) is 1. The molecule has 0 bridgehead atoms. The van der Waals surface area contributed by atoms with Gasteiger partial charge in [0.2, 0.25) is 0 Å². The Kier molecular flexibility index (Phi) is 3.70. The van der Waals surface area contributed by atoms with Crippen LogP contribution >= 0.6 is 0 Å². The molecule has 0 spiro atoms. The topological polar surface area (TPSA) is 53.2 Å². The number of aryl methyl sites for hydroxylation is 2. The van der Waals surface area contributed by atoms with Gasteiger partial charge in [0.05, 0.1) is 18.8 Å². The molecule has 2 unspecified atom stereocenters. The average molecular weight is 245 g/mol. The Labute approximate surface area is 108 Å². The van der Waals surface area contributed by atoms with Gasteiger partial charge in [-0.1, -0.05) is 18.2 Å². The quantitative estimate of drug-likeness (QED) is 0.871. The number of nitrogens with zero attached hydrogens (tertiary/aromatic N) is 1. The largest absolute Gasteiger partial charge is 0.387 e. The molecule has 3 nitrogen and oxygen atoms in total. The lowest BCUT2D eigenvalue weighted by Crippen LogP contribution is -2.36. The molecule has 1 aromatic rings. The number of rotatable bonds is 2. The molecule has 2 atom stereocenters. The molecule has 1 heterocycles. The van der Waals surface area contributed by atoms with Crippen LogP contribution in [0.4, 0.5) is 0 Å². The van der Waals surface area contributed by atoms with Gasteiger partial charge in [0.1, 0.15) is 5.41 Å². The van der Waals surface area contributed by atoms with Crippen molar-refractivity contribution < 1.29 is 9.84 Å². The van der Waals surface area contributed by atoms with Crippen molar-refractivity contribution in [3.8, 4) is 6.07 Å². The van der Waals surface area contributed by atoms with Crippen molar-refractivity contribution in [2.75, 3.05) is 13.2 Å². The van der Waals surface area contributed by atoms with Crippen LogP contribution in [0.2, 0.25) is 0 Å². The Morgan fingerprint density at radius 3 is 2.72 bits per heavy atom. The first-order valence-electron chi connectivity index (χ1n) is 6.33. The summed E-state index contributed by atoms with van der Waals surface area (Å²) in [5.41, 5.74) is 2.35. The summed E-state index contributed by atoms with van der Waals surface area (Å²) in [4.78, 5) is 0. The molecule has 2 rings (SSSR count). The van der Waals surface area contributed by atoms with Crippen LogP contribution in [0.3, 0.4) is 0 Å². The molecule has 1 saturated heterocycles. The molecule has 18 heavy (non-hydrogen) atoms. The molecule has 1 aromatic carbocycles. The van der Waals surface area contributed by atoms with E-state index in [0.717, 1.165) is 17.5 Å². The van der Waals surface area contributed by atoms with E-state index in [2.05, 4.69) is 6.07 Å². The van der Waals surface area contributed by atoms with Gasteiger partial charge in [0, 0.05) is 6.61 Å². The number of hydrogen-bond acceptors (Lipinski definition) is 3. The predicted octanol–water partition coefficient (Wildman–Crippen LogP) is 2.66. The summed E-state index contributed by atoms with van der Waals surface area (Å²) in [5.74, 6) is 0. The highest BCUT2D eigenvalue weighted by Gasteiger charge is 2.41. The lowest BCUT2D eigenvalue weighted by atomic mass is 9.76. The van der Waals surface area contributed by atoms with Gasteiger partial charge >= 0.3 is 0 Å². The maximum Gasteiger partial charge on any atom is 0.111 e. The van der Waals surface area contributed by atoms with Crippen LogP contribution in [-0.2, 0) is 4.74 Å². The van der Waals surface area contributed by atoms with E-state index in [4.69, 9.17) is 4.74 Å². The van der Waals surface area contributed by atoms with Crippen molar-refractivity contribution in [2.45, 2.75) is 32.8 Å². The summed E-state index contributed by atoms with van der Waals surface area (Å²) in [6.07, 6.45) is 0.745. The first-order valence-corrected chi connectivity index (χ1v) is 6.33. The molecule has 0 aliphatic carbocycles. The summed E-state index contributed by atoms with van der Waals surface area (Å²) in [6, 6.07) is 8.13. The fourth-order valence-corrected chi connectivity index (χ4v) is 2.43. The Morgan fingerprint density at radius 2 is 2.17 bits per heavy atom. The first-order chi connectivity index (χ1) is 8.59. The van der Waals surface area contributed by atoms with E-state index in [1.165, 1.54) is 5.56 Å². The van der Waals surface area contributed by atoms with Crippen LogP contribution in [0, 0.1) is 30.6 Å². The second-order valence-electron chi connectivity index (χ2n) is 5.17. The maximum absolute atomic E-state index is 10.5. The molecule has 1 aliphatic rings. The van der Waals surface area contributed by atoms with Crippen LogP contribution in [0.25, 0.3) is 0 Å². The molecule has 0 amide bonds. The van der Waals surface area contributed by atoms with E-state index in [1.54, 1.807) is 0 Å². The molecule has 1 aliphatic heterocycles. The number of hydrogen-bond donors (Lipinski definition) is 1. The Bertz CT molecular complexity index is 470. The highest BCUT2D eigenvalue weighted by molar-refractivity contribution is 5.33. The molecule has 1 N–H and O–H groups in total. The monoisotopic (exact) mass is 245 g/mol. The number of benzene rings is 1. The SMILES string of the molecule is Cc1ccc(C(O)C2(C#N)CCCOC2)cc1C. The van der Waals surface area contributed by atoms with Gasteiger partial charge in [-0.15, -0.1) is 0 Å². The van der Waals surface area contributed by atoms with E-state index >= 15 is 0 Å². The fraction of sp³-hybridized carbons (Fsp3) is 0.533. The van der Waals surface area contributed by atoms with Crippen LogP contribution in [0.5, 0.6) is 0 Å². The van der Waals surface area contributed by atoms with Crippen molar-refractivity contribution in [3.63, 3.8) is 0 Å². The predicted molar refractivity (Wildman–Crippen MR) is 69.0 cm³/mol. The van der Waals surface area contributed by atoms with Crippen LogP contribution in [0.15, 0.2) is 18.2 Å². The summed E-state index contributed by atoms with van der Waals surface area (Å²) < 4.78 is 5.39. The number of nitriles is 1. The van der Waals surface area contributed by atoms with Gasteiger partial charge in [-0.05, 0) is 43.4 Å². The average Bonchev–Trinajstić information content (AvgIpc) is 2.42. The van der Waals surface area contributed by atoms with Crippen molar-refractivity contribution >= 4 is 0 Å². The molecule has 96 valence electrons. The van der Waals surface area contributed by atoms with E-state index in [0.29, 0.717) is 19.6 Å². The molecule has 1 fully saturated rings. The van der Waals surface area contributed by atoms with Gasteiger partial charge < -0.3 is 9.84 Å². The summed E-state index contributed by atoms with van der Waals surface area (Å²) >= 11 is 0. The first kappa shape index (κ1) is 13.1. The maximum atomic E-state index is 10.5. The van der Waals surface area contributed by atoms with E-state index in [1.807, 2.05) is 32.0 Å². The normalized spacial score (nSPS) is 25.4. The van der Waals surface area contributed by atoms with E-state index in [-0.39, 0.29) is 0 Å². The minimum atomic E-state index is -0.792. The lowest BCUT2D eigenvalue weighted by molar-refractivity contribution is -0.0506. The van der Waals surface area contributed by atoms with Crippen molar-refractivity contribution in [1.29, 1.82) is 5.26 Å². The second-order valence-corrected chi connectivity index (χ2v) is 5.17. The lowest BCUT2D eigenvalue weighted by Gasteiger charge is -2.35. The Balaban J connectivity index is 2.31. The molecular formula is C15H19NO2. The summed E-state index contributed by atoms with van der Waals surface area (Å²) in [6.45, 7) is 5.05. The fourth-order valence-electron chi connectivity index (χ4n) is 2.43. The van der Waals surface area contributed by atoms with Crippen LogP contribution in [0.1, 0.15) is 35.6 Å². The molecule has 3 heteroatoms. The Morgan fingerprint density at radius 1 is 1.39 bits per heavy atom. The second kappa shape index (κ2) is 5.09. The van der Waals surface area contributed by atoms with E-state index in [9.17, 15) is 10.4 Å². The molecule has 0 saturated carbocycles. The van der Waals surface area contributed by atoms with Crippen LogP contribution < -0.4 is 0 Å². The third-order valence-corrected chi connectivity index (χ3v) is 3.86. The van der Waals surface area contributed by atoms with Crippen molar-refractivity contribution in [1.82, 2.24) is 0 Å². The molecule has 0 aromatic heterocycles. The highest BCUT2D eigenvalue weighted by Crippen LogP contribution is 2.40. The van der Waals surface area contributed by atoms with Crippen molar-refractivity contribution in [3.05, 3.63) is 34.9 Å². The summed E-state index contributed by atoms with van der Waals surface area (Å²) in [5, 5.41) is 19.9. The minimum absolute atomic E-state index is 0.317. The highest BCUT2D eigenvalue weighted by atomic mass is 16.5. The standard InChI is InChI=1S/C15H19NO2/c1-11-4-5-13(8-12(11)2)14(17)15(9-16)6-3-7-18-10-15/h4-5,8,14,17H,3,6-7,10H2,1-2H3. The van der Waals surface area contributed by atoms with Gasteiger partial charge in [-0.2, -0.15) is 5.26 Å². The van der Waals surface area contributed by atoms with Crippen LogP contribution in [-0.4, -0.2) is 18.3 Å². The zero-order valence-corrected chi connectivity index (χ0v) is 10.9. The molecular weight excluding hydrogens is 226 g/mol. The van der Waals surface area contributed by atoms with Gasteiger partial charge in [-0.3, -0.25) is 0 Å². The van der Waals surface area contributed by atoms with Gasteiger partial charge in [0.25, 0.3) is 0 Å². The minimum Gasteiger partial charge on any atom is -0.387 e.